The second-order valence-corrected chi connectivity index (χ2v) is 7.34. The van der Waals surface area contributed by atoms with Crippen LogP contribution in [0, 0.1) is 5.82 Å². The minimum absolute atomic E-state index is 0.0139. The normalized spacial score (nSPS) is 15.1. The molecule has 3 aromatic carbocycles. The van der Waals surface area contributed by atoms with E-state index in [1.165, 1.54) is 24.3 Å². The Morgan fingerprint density at radius 2 is 1.62 bits per heavy atom. The highest BCUT2D eigenvalue weighted by molar-refractivity contribution is 5.97. The van der Waals surface area contributed by atoms with E-state index in [0.29, 0.717) is 11.6 Å². The Labute approximate surface area is 183 Å². The van der Waals surface area contributed by atoms with Crippen LogP contribution >= 0.6 is 0 Å². The summed E-state index contributed by atoms with van der Waals surface area (Å²) in [5.74, 6) is -0.167. The maximum atomic E-state index is 13.2. The number of fused-ring (bicyclic) bond motifs is 1. The van der Waals surface area contributed by atoms with Gasteiger partial charge in [0, 0.05) is 5.69 Å². The molecule has 2 heterocycles. The number of nitrogens with one attached hydrogen (secondary N) is 1. The fourth-order valence-electron chi connectivity index (χ4n) is 3.75. The highest BCUT2D eigenvalue weighted by atomic mass is 19.1. The van der Waals surface area contributed by atoms with Crippen molar-refractivity contribution >= 4 is 23.2 Å². The van der Waals surface area contributed by atoms with Gasteiger partial charge in [-0.05, 0) is 51.9 Å². The van der Waals surface area contributed by atoms with Crippen LogP contribution in [-0.2, 0) is 4.79 Å². The number of halogens is 1. The zero-order valence-corrected chi connectivity index (χ0v) is 17.0. The van der Waals surface area contributed by atoms with E-state index in [-0.39, 0.29) is 24.3 Å². The van der Waals surface area contributed by atoms with Gasteiger partial charge in [-0.3, -0.25) is 9.69 Å². The third kappa shape index (κ3) is 3.85. The Bertz CT molecular complexity index is 1250. The van der Waals surface area contributed by atoms with Gasteiger partial charge in [-0.25, -0.2) is 4.39 Å². The van der Waals surface area contributed by atoms with E-state index in [2.05, 4.69) is 26.9 Å². The van der Waals surface area contributed by atoms with Crippen molar-refractivity contribution in [3.05, 3.63) is 108 Å². The molecule has 158 valence electrons. The highest BCUT2D eigenvalue weighted by Gasteiger charge is 2.31. The van der Waals surface area contributed by atoms with Gasteiger partial charge in [0.2, 0.25) is 5.91 Å². The smallest absolute Gasteiger partial charge is 0.251 e. The summed E-state index contributed by atoms with van der Waals surface area (Å²) in [7, 11) is 0. The van der Waals surface area contributed by atoms with Gasteiger partial charge in [0.1, 0.15) is 18.4 Å². The van der Waals surface area contributed by atoms with Gasteiger partial charge in [-0.2, -0.15) is 4.68 Å². The number of benzene rings is 3. The fraction of sp³-hybridized carbons (Fsp3) is 0.0833. The standard InChI is InChI=1S/C24H19FN6O/c25-19-11-13-20(14-12-19)26-23(32)16-30-21(17-7-3-1-4-8-17)15-22(18-9-5-2-6-10-18)31-24(30)27-28-29-31/h1-15,22H,16H2,(H,26,32). The first-order valence-corrected chi connectivity index (χ1v) is 10.1. The summed E-state index contributed by atoms with van der Waals surface area (Å²) in [6, 6.07) is 25.2. The first-order valence-electron chi connectivity index (χ1n) is 10.1. The maximum Gasteiger partial charge on any atom is 0.251 e. The summed E-state index contributed by atoms with van der Waals surface area (Å²) in [5.41, 5.74) is 3.32. The van der Waals surface area contributed by atoms with Crippen molar-refractivity contribution in [2.45, 2.75) is 6.04 Å². The molecule has 1 amide bonds. The van der Waals surface area contributed by atoms with E-state index in [1.54, 1.807) is 9.58 Å². The van der Waals surface area contributed by atoms with Gasteiger partial charge in [-0.15, -0.1) is 0 Å². The van der Waals surface area contributed by atoms with E-state index in [9.17, 15) is 9.18 Å². The number of tetrazole rings is 1. The molecule has 5 rings (SSSR count). The molecule has 0 saturated carbocycles. The van der Waals surface area contributed by atoms with Crippen molar-refractivity contribution < 1.29 is 9.18 Å². The molecular formula is C24H19FN6O. The van der Waals surface area contributed by atoms with E-state index >= 15 is 0 Å². The number of hydrogen-bond acceptors (Lipinski definition) is 5. The van der Waals surface area contributed by atoms with Crippen LogP contribution in [-0.4, -0.2) is 32.7 Å². The lowest BCUT2D eigenvalue weighted by atomic mass is 10.0. The molecule has 0 bridgehead atoms. The van der Waals surface area contributed by atoms with Crippen molar-refractivity contribution in [1.82, 2.24) is 20.2 Å². The topological polar surface area (TPSA) is 75.9 Å². The van der Waals surface area contributed by atoms with E-state index < -0.39 is 0 Å². The molecular weight excluding hydrogens is 407 g/mol. The van der Waals surface area contributed by atoms with Crippen LogP contribution in [0.25, 0.3) is 5.70 Å². The molecule has 32 heavy (non-hydrogen) atoms. The van der Waals surface area contributed by atoms with Crippen molar-refractivity contribution in [2.75, 3.05) is 16.8 Å². The van der Waals surface area contributed by atoms with Crippen molar-refractivity contribution in [2.24, 2.45) is 0 Å². The maximum absolute atomic E-state index is 13.2. The van der Waals surface area contributed by atoms with Gasteiger partial charge in [-0.1, -0.05) is 65.8 Å². The first kappa shape index (κ1) is 19.6. The molecule has 1 N–H and O–H groups in total. The van der Waals surface area contributed by atoms with Crippen LogP contribution in [0.2, 0.25) is 0 Å². The lowest BCUT2D eigenvalue weighted by Crippen LogP contribution is -2.37. The third-order valence-electron chi connectivity index (χ3n) is 5.23. The van der Waals surface area contributed by atoms with E-state index in [4.69, 9.17) is 0 Å². The fourth-order valence-corrected chi connectivity index (χ4v) is 3.75. The average Bonchev–Trinajstić information content (AvgIpc) is 3.32. The van der Waals surface area contributed by atoms with Crippen molar-refractivity contribution in [1.29, 1.82) is 0 Å². The Morgan fingerprint density at radius 1 is 0.938 bits per heavy atom. The number of rotatable bonds is 5. The zero-order valence-electron chi connectivity index (χ0n) is 17.0. The summed E-state index contributed by atoms with van der Waals surface area (Å²) < 4.78 is 14.9. The minimum Gasteiger partial charge on any atom is -0.325 e. The first-order chi connectivity index (χ1) is 15.7. The van der Waals surface area contributed by atoms with Crippen molar-refractivity contribution in [3.63, 3.8) is 0 Å². The Kier molecular flexibility index (Phi) is 5.17. The lowest BCUT2D eigenvalue weighted by Gasteiger charge is -2.32. The molecule has 7 nitrogen and oxygen atoms in total. The SMILES string of the molecule is O=C(CN1C(c2ccccc2)=CC(c2ccccc2)n2nnnc21)Nc1ccc(F)cc1. The van der Waals surface area contributed by atoms with Crippen molar-refractivity contribution in [3.8, 4) is 0 Å². The molecule has 1 aliphatic heterocycles. The largest absolute Gasteiger partial charge is 0.325 e. The summed E-state index contributed by atoms with van der Waals surface area (Å²) in [4.78, 5) is 14.7. The molecule has 0 radical (unpaired) electrons. The molecule has 1 aromatic heterocycles. The van der Waals surface area contributed by atoms with Gasteiger partial charge >= 0.3 is 0 Å². The van der Waals surface area contributed by atoms with E-state index in [1.807, 2.05) is 60.7 Å². The van der Waals surface area contributed by atoms with Crippen LogP contribution in [0.4, 0.5) is 16.0 Å². The third-order valence-corrected chi connectivity index (χ3v) is 5.23. The number of carbonyl (C=O) groups is 1. The second-order valence-electron chi connectivity index (χ2n) is 7.34. The molecule has 0 aliphatic carbocycles. The molecule has 0 saturated heterocycles. The molecule has 4 aromatic rings. The minimum atomic E-state index is -0.362. The predicted molar refractivity (Wildman–Crippen MR) is 119 cm³/mol. The van der Waals surface area contributed by atoms with Crippen LogP contribution in [0.15, 0.2) is 91.0 Å². The Morgan fingerprint density at radius 3 is 2.34 bits per heavy atom. The Balaban J connectivity index is 1.52. The molecule has 1 aliphatic rings. The number of nitrogens with zero attached hydrogens (tertiary/aromatic N) is 5. The number of amides is 1. The quantitative estimate of drug-likeness (QED) is 0.524. The summed E-state index contributed by atoms with van der Waals surface area (Å²) >= 11 is 0. The van der Waals surface area contributed by atoms with Crippen LogP contribution in [0.3, 0.4) is 0 Å². The summed E-state index contributed by atoms with van der Waals surface area (Å²) in [5, 5.41) is 15.1. The number of hydrogen-bond donors (Lipinski definition) is 1. The van der Waals surface area contributed by atoms with Gasteiger partial charge < -0.3 is 5.32 Å². The molecule has 1 unspecified atom stereocenters. The van der Waals surface area contributed by atoms with Gasteiger partial charge in [0.05, 0.1) is 5.70 Å². The molecule has 8 heteroatoms. The zero-order chi connectivity index (χ0) is 21.9. The van der Waals surface area contributed by atoms with Crippen LogP contribution < -0.4 is 10.2 Å². The lowest BCUT2D eigenvalue weighted by molar-refractivity contribution is -0.114. The monoisotopic (exact) mass is 426 g/mol. The highest BCUT2D eigenvalue weighted by Crippen LogP contribution is 2.35. The van der Waals surface area contributed by atoms with Crippen LogP contribution in [0.1, 0.15) is 17.2 Å². The average molecular weight is 426 g/mol. The van der Waals surface area contributed by atoms with Gasteiger partial charge in [0.25, 0.3) is 5.95 Å². The predicted octanol–water partition coefficient (Wildman–Crippen LogP) is 3.90. The number of aromatic nitrogens is 4. The summed E-state index contributed by atoms with van der Waals surface area (Å²) in [6.45, 7) is -0.0139. The molecule has 0 fully saturated rings. The molecule has 0 spiro atoms. The van der Waals surface area contributed by atoms with E-state index in [0.717, 1.165) is 16.8 Å². The number of allylic oxidation sites excluding steroid dienone is 1. The van der Waals surface area contributed by atoms with Crippen LogP contribution in [0.5, 0.6) is 0 Å². The Hall–Kier alpha value is -4.33. The number of anilines is 2. The second kappa shape index (κ2) is 8.43. The summed E-state index contributed by atoms with van der Waals surface area (Å²) in [6.07, 6.45) is 2.05. The number of carbonyl (C=O) groups excluding carboxylic acids is 1. The van der Waals surface area contributed by atoms with Gasteiger partial charge in [0.15, 0.2) is 0 Å². The molecule has 1 atom stereocenters.